The first-order chi connectivity index (χ1) is 16.4. The van der Waals surface area contributed by atoms with Gasteiger partial charge in [-0.05, 0) is 92.3 Å². The fraction of sp³-hybridized carbons (Fsp3) is 0.480. The van der Waals surface area contributed by atoms with Gasteiger partial charge in [0.25, 0.3) is 0 Å². The Kier molecular flexibility index (Phi) is 8.89. The maximum Gasteiger partial charge on any atom is 0.410 e. The van der Waals surface area contributed by atoms with Gasteiger partial charge in [-0.3, -0.25) is 10.1 Å². The van der Waals surface area contributed by atoms with Crippen molar-refractivity contribution in [3.63, 3.8) is 0 Å². The molecule has 0 bridgehead atoms. The average molecular weight is 602 g/mol. The summed E-state index contributed by atoms with van der Waals surface area (Å²) in [5.74, 6) is -1.09. The third-order valence-corrected chi connectivity index (χ3v) is 6.42. The van der Waals surface area contributed by atoms with Gasteiger partial charge in [-0.25, -0.2) is 13.6 Å². The van der Waals surface area contributed by atoms with E-state index in [1.807, 2.05) is 43.4 Å². The molecule has 10 heteroatoms. The highest BCUT2D eigenvalue weighted by molar-refractivity contribution is 14.1. The van der Waals surface area contributed by atoms with Gasteiger partial charge in [0.1, 0.15) is 17.2 Å². The summed E-state index contributed by atoms with van der Waals surface area (Å²) in [5, 5.41) is 11.8. The first-order valence-electron chi connectivity index (χ1n) is 11.4. The molecule has 1 saturated heterocycles. The van der Waals surface area contributed by atoms with Crippen molar-refractivity contribution in [1.29, 1.82) is 0 Å². The van der Waals surface area contributed by atoms with Crippen molar-refractivity contribution in [3.05, 3.63) is 66.8 Å². The summed E-state index contributed by atoms with van der Waals surface area (Å²) in [6.07, 6.45) is 1.66. The molecule has 0 aromatic heterocycles. The second-order valence-electron chi connectivity index (χ2n) is 9.63. The van der Waals surface area contributed by atoms with Gasteiger partial charge >= 0.3 is 11.8 Å². The Morgan fingerprint density at radius 1 is 1.17 bits per heavy atom. The van der Waals surface area contributed by atoms with Crippen LogP contribution in [0.25, 0.3) is 0 Å². The van der Waals surface area contributed by atoms with Crippen molar-refractivity contribution in [2.24, 2.45) is 5.92 Å². The van der Waals surface area contributed by atoms with Crippen LogP contribution in [0.4, 0.5) is 19.3 Å². The fourth-order valence-electron chi connectivity index (χ4n) is 4.02. The summed E-state index contributed by atoms with van der Waals surface area (Å²) in [6, 6.07) is 6.60. The number of piperidine rings is 1. The van der Waals surface area contributed by atoms with E-state index in [1.54, 1.807) is 11.0 Å². The summed E-state index contributed by atoms with van der Waals surface area (Å²) in [4.78, 5) is 25.1. The third-order valence-electron chi connectivity index (χ3n) is 5.75. The highest BCUT2D eigenvalue weighted by atomic mass is 127. The molecule has 0 unspecified atom stereocenters. The number of nitro benzene ring substituents is 1. The van der Waals surface area contributed by atoms with Crippen LogP contribution in [0, 0.1) is 31.2 Å². The lowest BCUT2D eigenvalue weighted by Crippen LogP contribution is -2.41. The number of hydrogen-bond donors (Lipinski definition) is 0. The second-order valence-corrected chi connectivity index (χ2v) is 10.9. The highest BCUT2D eigenvalue weighted by Crippen LogP contribution is 2.35. The average Bonchev–Trinajstić information content (AvgIpc) is 2.74. The second kappa shape index (κ2) is 11.5. The maximum atomic E-state index is 14.3. The van der Waals surface area contributed by atoms with Crippen molar-refractivity contribution in [3.8, 4) is 5.75 Å². The predicted octanol–water partition coefficient (Wildman–Crippen LogP) is 6.48. The summed E-state index contributed by atoms with van der Waals surface area (Å²) >= 11 is 1.97. The van der Waals surface area contributed by atoms with Gasteiger partial charge < -0.3 is 14.4 Å². The molecule has 0 N–H and O–H groups in total. The number of benzene rings is 2. The number of likely N-dealkylation sites (tertiary alicyclic amines) is 1. The quantitative estimate of drug-likeness (QED) is 0.206. The van der Waals surface area contributed by atoms with Crippen molar-refractivity contribution < 1.29 is 28.0 Å². The van der Waals surface area contributed by atoms with Gasteiger partial charge in [-0.1, -0.05) is 6.07 Å². The van der Waals surface area contributed by atoms with Gasteiger partial charge in [-0.15, -0.1) is 0 Å². The molecule has 2 aromatic rings. The van der Waals surface area contributed by atoms with Crippen molar-refractivity contribution in [2.75, 3.05) is 19.7 Å². The van der Waals surface area contributed by atoms with Crippen molar-refractivity contribution >= 4 is 34.4 Å². The van der Waals surface area contributed by atoms with Crippen LogP contribution < -0.4 is 4.74 Å². The molecule has 0 radical (unpaired) electrons. The standard InChI is InChI=1S/C25H29F2IN2O5/c1-25(2,3)35-24(31)29-9-6-16(7-10-29)8-11-34-22-14-19(26)13-18(23(22)30(32)33)12-17-4-5-20(28)15-21(17)27/h4-5,13-16H,6-12H2,1-3H3. The molecule has 7 nitrogen and oxygen atoms in total. The topological polar surface area (TPSA) is 81.9 Å². The Morgan fingerprint density at radius 2 is 1.86 bits per heavy atom. The zero-order valence-corrected chi connectivity index (χ0v) is 22.1. The minimum absolute atomic E-state index is 0.0516. The Labute approximate surface area is 217 Å². The summed E-state index contributed by atoms with van der Waals surface area (Å²) in [7, 11) is 0. The number of rotatable bonds is 7. The Hall–Kier alpha value is -2.50. The van der Waals surface area contributed by atoms with E-state index in [4.69, 9.17) is 9.47 Å². The van der Waals surface area contributed by atoms with Gasteiger partial charge in [0, 0.05) is 34.7 Å². The lowest BCUT2D eigenvalue weighted by atomic mass is 9.94. The number of hydrogen-bond acceptors (Lipinski definition) is 5. The Bertz CT molecular complexity index is 1080. The Morgan fingerprint density at radius 3 is 2.46 bits per heavy atom. The number of carbonyl (C=O) groups is 1. The van der Waals surface area contributed by atoms with E-state index in [0.717, 1.165) is 25.0 Å². The number of ether oxygens (including phenoxy) is 2. The first kappa shape index (κ1) is 27.1. The molecule has 0 spiro atoms. The first-order valence-corrected chi connectivity index (χ1v) is 12.5. The zero-order chi connectivity index (χ0) is 25.8. The minimum Gasteiger partial charge on any atom is -0.487 e. The lowest BCUT2D eigenvalue weighted by molar-refractivity contribution is -0.386. The zero-order valence-electron chi connectivity index (χ0n) is 20.0. The molecule has 1 heterocycles. The summed E-state index contributed by atoms with van der Waals surface area (Å²) in [5.41, 5.74) is -0.618. The predicted molar refractivity (Wildman–Crippen MR) is 136 cm³/mol. The van der Waals surface area contributed by atoms with Crippen LogP contribution in [-0.2, 0) is 11.2 Å². The number of carbonyl (C=O) groups excluding carboxylic acids is 1. The van der Waals surface area contributed by atoms with Crippen LogP contribution in [0.3, 0.4) is 0 Å². The van der Waals surface area contributed by atoms with Crippen LogP contribution in [0.1, 0.15) is 51.2 Å². The van der Waals surface area contributed by atoms with Crippen LogP contribution in [0.2, 0.25) is 0 Å². The fourth-order valence-corrected chi connectivity index (χ4v) is 4.47. The SMILES string of the molecule is CC(C)(C)OC(=O)N1CCC(CCOc2cc(F)cc(Cc3ccc(I)cc3F)c2[N+](=O)[O-])CC1. The number of nitro groups is 1. The van der Waals surface area contributed by atoms with E-state index in [1.165, 1.54) is 12.1 Å². The normalized spacial score (nSPS) is 14.6. The Balaban J connectivity index is 1.62. The van der Waals surface area contributed by atoms with Gasteiger partial charge in [0.05, 0.1) is 11.5 Å². The van der Waals surface area contributed by atoms with E-state index in [2.05, 4.69) is 0 Å². The van der Waals surface area contributed by atoms with E-state index in [-0.39, 0.29) is 47.6 Å². The molecule has 1 amide bonds. The van der Waals surface area contributed by atoms with E-state index < -0.39 is 22.2 Å². The molecular weight excluding hydrogens is 573 g/mol. The molecule has 0 saturated carbocycles. The monoisotopic (exact) mass is 602 g/mol. The molecule has 2 aromatic carbocycles. The molecule has 0 aliphatic carbocycles. The largest absolute Gasteiger partial charge is 0.487 e. The van der Waals surface area contributed by atoms with Crippen molar-refractivity contribution in [1.82, 2.24) is 4.90 Å². The molecular formula is C25H29F2IN2O5. The van der Waals surface area contributed by atoms with Gasteiger partial charge in [0.15, 0.2) is 5.75 Å². The van der Waals surface area contributed by atoms with Gasteiger partial charge in [0.2, 0.25) is 0 Å². The summed E-state index contributed by atoms with van der Waals surface area (Å²) in [6.45, 7) is 6.75. The smallest absolute Gasteiger partial charge is 0.410 e. The lowest BCUT2D eigenvalue weighted by Gasteiger charge is -2.33. The number of nitrogens with zero attached hydrogens (tertiary/aromatic N) is 2. The number of halogens is 3. The van der Waals surface area contributed by atoms with Crippen LogP contribution in [-0.4, -0.2) is 41.2 Å². The molecule has 35 heavy (non-hydrogen) atoms. The molecule has 0 atom stereocenters. The van der Waals surface area contributed by atoms with E-state index in [9.17, 15) is 23.7 Å². The maximum absolute atomic E-state index is 14.3. The van der Waals surface area contributed by atoms with Gasteiger partial charge in [-0.2, -0.15) is 0 Å². The molecule has 3 rings (SSSR count). The number of amides is 1. The van der Waals surface area contributed by atoms with E-state index in [0.29, 0.717) is 23.1 Å². The van der Waals surface area contributed by atoms with Crippen molar-refractivity contribution in [2.45, 2.75) is 52.1 Å². The van der Waals surface area contributed by atoms with Crippen LogP contribution in [0.5, 0.6) is 5.75 Å². The van der Waals surface area contributed by atoms with Crippen LogP contribution in [0.15, 0.2) is 30.3 Å². The molecule has 190 valence electrons. The third kappa shape index (κ3) is 7.74. The minimum atomic E-state index is -0.683. The van der Waals surface area contributed by atoms with Crippen LogP contribution >= 0.6 is 22.6 Å². The highest BCUT2D eigenvalue weighted by Gasteiger charge is 2.28. The van der Waals surface area contributed by atoms with E-state index >= 15 is 0 Å². The molecule has 1 aliphatic rings. The summed E-state index contributed by atoms with van der Waals surface area (Å²) < 4.78 is 40.4. The molecule has 1 fully saturated rings. The molecule has 1 aliphatic heterocycles.